The van der Waals surface area contributed by atoms with Gasteiger partial charge in [0.25, 0.3) is 0 Å². The second-order valence-corrected chi connectivity index (χ2v) is 12.0. The molecule has 0 aliphatic carbocycles. The van der Waals surface area contributed by atoms with E-state index in [2.05, 4.69) is 144 Å². The molecule has 3 heteroatoms. The van der Waals surface area contributed by atoms with Crippen LogP contribution in [0.15, 0.2) is 156 Å². The molecule has 2 nitrogen and oxygen atoms in total. The average Bonchev–Trinajstić information content (AvgIpc) is 3.62. The highest BCUT2D eigenvalue weighted by Crippen LogP contribution is 2.45. The van der Waals surface area contributed by atoms with Crippen molar-refractivity contribution in [3.05, 3.63) is 152 Å². The standard InChI is InChI=1S/C40H25NOS/c1-2-11-28(12-3-1)41(30-22-23-33-32-14-6-8-16-35(32)42-36(33)25-30)29-20-18-26(19-21-29)39-31-13-5-4-10-27(31)24-38-40(39)34-15-7-9-17-37(34)43-38/h1-25H. The first-order valence-electron chi connectivity index (χ1n) is 14.5. The van der Waals surface area contributed by atoms with Crippen LogP contribution in [0.3, 0.4) is 0 Å². The summed E-state index contributed by atoms with van der Waals surface area (Å²) < 4.78 is 8.92. The monoisotopic (exact) mass is 567 g/mol. The summed E-state index contributed by atoms with van der Waals surface area (Å²) >= 11 is 1.87. The van der Waals surface area contributed by atoms with Gasteiger partial charge >= 0.3 is 0 Å². The predicted molar refractivity (Wildman–Crippen MR) is 184 cm³/mol. The molecule has 0 bridgehead atoms. The average molecular weight is 568 g/mol. The molecule has 43 heavy (non-hydrogen) atoms. The van der Waals surface area contributed by atoms with Crippen molar-refractivity contribution in [1.82, 2.24) is 0 Å². The maximum atomic E-state index is 6.28. The Hall–Kier alpha value is -5.38. The third-order valence-corrected chi connectivity index (χ3v) is 9.56. The number of rotatable bonds is 4. The van der Waals surface area contributed by atoms with Gasteiger partial charge in [0.05, 0.1) is 0 Å². The van der Waals surface area contributed by atoms with E-state index in [0.29, 0.717) is 0 Å². The van der Waals surface area contributed by atoms with Gasteiger partial charge in [0.15, 0.2) is 0 Å². The van der Waals surface area contributed by atoms with E-state index in [9.17, 15) is 0 Å². The third-order valence-electron chi connectivity index (χ3n) is 8.44. The number of hydrogen-bond donors (Lipinski definition) is 0. The van der Waals surface area contributed by atoms with Gasteiger partial charge in [0, 0.05) is 54.1 Å². The Labute approximate surface area is 252 Å². The summed E-state index contributed by atoms with van der Waals surface area (Å²) in [5.41, 5.74) is 7.56. The lowest BCUT2D eigenvalue weighted by Gasteiger charge is -2.25. The molecule has 7 aromatic carbocycles. The second-order valence-electron chi connectivity index (χ2n) is 10.9. The summed E-state index contributed by atoms with van der Waals surface area (Å²) in [6.07, 6.45) is 0. The van der Waals surface area contributed by atoms with Crippen LogP contribution in [0.2, 0.25) is 0 Å². The minimum Gasteiger partial charge on any atom is -0.456 e. The van der Waals surface area contributed by atoms with Crippen LogP contribution in [0.25, 0.3) is 64.0 Å². The van der Waals surface area contributed by atoms with Crippen molar-refractivity contribution in [2.45, 2.75) is 0 Å². The van der Waals surface area contributed by atoms with Gasteiger partial charge in [-0.05, 0) is 76.5 Å². The molecule has 0 atom stereocenters. The summed E-state index contributed by atoms with van der Waals surface area (Å²) in [7, 11) is 0. The van der Waals surface area contributed by atoms with Crippen LogP contribution in [0.4, 0.5) is 17.1 Å². The zero-order chi connectivity index (χ0) is 28.3. The number of nitrogens with zero attached hydrogens (tertiary/aromatic N) is 1. The van der Waals surface area contributed by atoms with Crippen LogP contribution < -0.4 is 4.90 Å². The highest BCUT2D eigenvalue weighted by molar-refractivity contribution is 7.26. The third kappa shape index (κ3) is 3.86. The fraction of sp³-hybridized carbons (Fsp3) is 0. The zero-order valence-corrected chi connectivity index (χ0v) is 24.0. The van der Waals surface area contributed by atoms with Crippen molar-refractivity contribution in [3.63, 3.8) is 0 Å². The van der Waals surface area contributed by atoms with Crippen molar-refractivity contribution < 1.29 is 4.42 Å². The largest absolute Gasteiger partial charge is 0.456 e. The van der Waals surface area contributed by atoms with E-state index in [4.69, 9.17) is 4.42 Å². The number of para-hydroxylation sites is 2. The predicted octanol–water partition coefficient (Wildman–Crippen LogP) is 12.2. The first-order chi connectivity index (χ1) is 21.3. The molecule has 0 N–H and O–H groups in total. The molecule has 0 saturated carbocycles. The number of thiophene rings is 1. The number of furan rings is 1. The minimum atomic E-state index is 0.888. The number of anilines is 3. The zero-order valence-electron chi connectivity index (χ0n) is 23.2. The first-order valence-corrected chi connectivity index (χ1v) is 15.3. The van der Waals surface area contributed by atoms with Crippen molar-refractivity contribution in [1.29, 1.82) is 0 Å². The van der Waals surface area contributed by atoms with Crippen LogP contribution in [-0.2, 0) is 0 Å². The SMILES string of the molecule is c1ccc(N(c2ccc(-c3c4ccccc4cc4sc5ccccc5c34)cc2)c2ccc3c(c2)oc2ccccc23)cc1. The summed E-state index contributed by atoms with van der Waals surface area (Å²) in [4.78, 5) is 2.30. The topological polar surface area (TPSA) is 16.4 Å². The van der Waals surface area contributed by atoms with Gasteiger partial charge in [-0.1, -0.05) is 91.0 Å². The number of hydrogen-bond acceptors (Lipinski definition) is 3. The Morgan fingerprint density at radius 1 is 0.442 bits per heavy atom. The fourth-order valence-corrected chi connectivity index (χ4v) is 7.67. The molecule has 202 valence electrons. The molecule has 0 radical (unpaired) electrons. The Morgan fingerprint density at radius 2 is 1.09 bits per heavy atom. The van der Waals surface area contributed by atoms with Gasteiger partial charge in [-0.25, -0.2) is 0 Å². The molecule has 0 aliphatic heterocycles. The van der Waals surface area contributed by atoms with E-state index in [1.54, 1.807) is 0 Å². The molecule has 0 saturated heterocycles. The molecule has 0 spiro atoms. The van der Waals surface area contributed by atoms with Gasteiger partial charge in [0.1, 0.15) is 11.2 Å². The van der Waals surface area contributed by atoms with Gasteiger partial charge in [-0.2, -0.15) is 0 Å². The highest BCUT2D eigenvalue weighted by Gasteiger charge is 2.18. The first kappa shape index (κ1) is 24.2. The molecule has 9 aromatic rings. The molecule has 0 aliphatic rings. The number of benzene rings is 7. The lowest BCUT2D eigenvalue weighted by atomic mass is 9.93. The highest BCUT2D eigenvalue weighted by atomic mass is 32.1. The van der Waals surface area contributed by atoms with Gasteiger partial charge in [0.2, 0.25) is 0 Å². The van der Waals surface area contributed by atoms with Crippen molar-refractivity contribution in [2.24, 2.45) is 0 Å². The maximum Gasteiger partial charge on any atom is 0.137 e. The Kier molecular flexibility index (Phi) is 5.40. The van der Waals surface area contributed by atoms with Crippen LogP contribution >= 0.6 is 11.3 Å². The van der Waals surface area contributed by atoms with Gasteiger partial charge in [-0.3, -0.25) is 0 Å². The van der Waals surface area contributed by atoms with E-state index in [-0.39, 0.29) is 0 Å². The molecule has 2 heterocycles. The summed E-state index contributed by atoms with van der Waals surface area (Å²) in [5.74, 6) is 0. The quantitative estimate of drug-likeness (QED) is 0.210. The molecule has 0 amide bonds. The molecular formula is C40H25NOS. The van der Waals surface area contributed by atoms with Crippen molar-refractivity contribution in [3.8, 4) is 11.1 Å². The number of fused-ring (bicyclic) bond motifs is 7. The molecule has 0 fully saturated rings. The molecule has 2 aromatic heterocycles. The molecular weight excluding hydrogens is 543 g/mol. The van der Waals surface area contributed by atoms with E-state index >= 15 is 0 Å². The van der Waals surface area contributed by atoms with Crippen LogP contribution in [0.5, 0.6) is 0 Å². The summed E-state index contributed by atoms with van der Waals surface area (Å²) in [6.45, 7) is 0. The Morgan fingerprint density at radius 3 is 1.95 bits per heavy atom. The lowest BCUT2D eigenvalue weighted by molar-refractivity contribution is 0.669. The normalized spacial score (nSPS) is 11.7. The summed E-state index contributed by atoms with van der Waals surface area (Å²) in [6, 6.07) is 54.2. The molecule has 9 rings (SSSR count). The van der Waals surface area contributed by atoms with Crippen molar-refractivity contribution in [2.75, 3.05) is 4.90 Å². The van der Waals surface area contributed by atoms with Crippen LogP contribution in [0.1, 0.15) is 0 Å². The Bertz CT molecular complexity index is 2450. The second kappa shape index (κ2) is 9.59. The van der Waals surface area contributed by atoms with E-state index in [0.717, 1.165) is 39.0 Å². The lowest BCUT2D eigenvalue weighted by Crippen LogP contribution is -2.09. The molecule has 0 unspecified atom stereocenters. The summed E-state index contributed by atoms with van der Waals surface area (Å²) in [5, 5.41) is 7.47. The van der Waals surface area contributed by atoms with Gasteiger partial charge in [-0.15, -0.1) is 11.3 Å². The Balaban J connectivity index is 1.23. The van der Waals surface area contributed by atoms with E-state index in [1.165, 1.54) is 42.1 Å². The van der Waals surface area contributed by atoms with E-state index < -0.39 is 0 Å². The maximum absolute atomic E-state index is 6.28. The van der Waals surface area contributed by atoms with E-state index in [1.807, 2.05) is 23.5 Å². The van der Waals surface area contributed by atoms with Gasteiger partial charge < -0.3 is 9.32 Å². The van der Waals surface area contributed by atoms with Crippen LogP contribution in [-0.4, -0.2) is 0 Å². The van der Waals surface area contributed by atoms with Crippen molar-refractivity contribution >= 4 is 81.3 Å². The smallest absolute Gasteiger partial charge is 0.137 e. The fourth-order valence-electron chi connectivity index (χ4n) is 6.51. The van der Waals surface area contributed by atoms with Crippen LogP contribution in [0, 0.1) is 0 Å². The minimum absolute atomic E-state index is 0.888.